The number of rotatable bonds is 5. The van der Waals surface area contributed by atoms with Gasteiger partial charge in [-0.15, -0.1) is 0 Å². The summed E-state index contributed by atoms with van der Waals surface area (Å²) in [5.41, 5.74) is 0.790. The lowest BCUT2D eigenvalue weighted by molar-refractivity contribution is -0.146. The highest BCUT2D eigenvalue weighted by molar-refractivity contribution is 6.09. The summed E-state index contributed by atoms with van der Waals surface area (Å²) in [5.74, 6) is 0.492. The Morgan fingerprint density at radius 1 is 1.04 bits per heavy atom. The maximum atomic E-state index is 13.0. The molecular formula is C22H28N4O2. The molecule has 0 aliphatic carbocycles. The lowest BCUT2D eigenvalue weighted by Crippen LogP contribution is -2.54. The van der Waals surface area contributed by atoms with Gasteiger partial charge in [0.1, 0.15) is 11.2 Å². The van der Waals surface area contributed by atoms with Gasteiger partial charge in [-0.05, 0) is 50.1 Å². The largest absolute Gasteiger partial charge is 0.353 e. The molecule has 1 aliphatic heterocycles. The average Bonchev–Trinajstić information content (AvgIpc) is 2.74. The van der Waals surface area contributed by atoms with Crippen molar-refractivity contribution in [2.45, 2.75) is 27.2 Å². The molecule has 1 aromatic carbocycles. The lowest BCUT2D eigenvalue weighted by atomic mass is 9.89. The number of hydrogen-bond donors (Lipinski definition) is 1. The van der Waals surface area contributed by atoms with E-state index < -0.39 is 5.41 Å². The van der Waals surface area contributed by atoms with Crippen molar-refractivity contribution in [1.82, 2.24) is 9.88 Å². The summed E-state index contributed by atoms with van der Waals surface area (Å²) in [5, 5.41) is 2.88. The number of amides is 2. The van der Waals surface area contributed by atoms with Crippen LogP contribution in [-0.2, 0) is 16.0 Å². The predicted molar refractivity (Wildman–Crippen MR) is 111 cm³/mol. The molecule has 1 aliphatic rings. The van der Waals surface area contributed by atoms with Crippen molar-refractivity contribution in [3.63, 3.8) is 0 Å². The molecule has 2 heterocycles. The van der Waals surface area contributed by atoms with Crippen LogP contribution in [0.3, 0.4) is 0 Å². The summed E-state index contributed by atoms with van der Waals surface area (Å²) in [6.07, 6.45) is 2.72. The summed E-state index contributed by atoms with van der Waals surface area (Å²) in [4.78, 5) is 34.1. The van der Waals surface area contributed by atoms with Crippen LogP contribution in [0.5, 0.6) is 0 Å². The van der Waals surface area contributed by atoms with Crippen LogP contribution in [-0.4, -0.2) is 47.9 Å². The molecule has 2 amide bonds. The van der Waals surface area contributed by atoms with Crippen molar-refractivity contribution in [3.05, 3.63) is 54.2 Å². The van der Waals surface area contributed by atoms with E-state index >= 15 is 0 Å². The minimum atomic E-state index is -1.13. The monoisotopic (exact) mass is 380 g/mol. The Hall–Kier alpha value is -2.89. The maximum absolute atomic E-state index is 13.0. The highest BCUT2D eigenvalue weighted by atomic mass is 16.2. The van der Waals surface area contributed by atoms with E-state index in [4.69, 9.17) is 0 Å². The first-order valence-corrected chi connectivity index (χ1v) is 9.77. The number of carbonyl (C=O) groups is 2. The van der Waals surface area contributed by atoms with Gasteiger partial charge in [-0.2, -0.15) is 0 Å². The zero-order valence-corrected chi connectivity index (χ0v) is 16.8. The number of piperazine rings is 1. The first-order chi connectivity index (χ1) is 13.4. The Kier molecular flexibility index (Phi) is 5.97. The van der Waals surface area contributed by atoms with Crippen LogP contribution in [0, 0.1) is 5.41 Å². The van der Waals surface area contributed by atoms with Crippen molar-refractivity contribution in [1.29, 1.82) is 0 Å². The van der Waals surface area contributed by atoms with Gasteiger partial charge in [0.05, 0.1) is 0 Å². The molecular weight excluding hydrogens is 352 g/mol. The molecule has 6 heteroatoms. The fourth-order valence-corrected chi connectivity index (χ4v) is 3.28. The van der Waals surface area contributed by atoms with Crippen molar-refractivity contribution < 1.29 is 9.59 Å². The Balaban J connectivity index is 1.59. The SMILES string of the molecule is CCc1ccc(NC(=O)C(C)(C)C(=O)N2CCN(c3ccccn3)CC2)cc1. The van der Waals surface area contributed by atoms with Gasteiger partial charge in [-0.3, -0.25) is 9.59 Å². The minimum absolute atomic E-state index is 0.143. The van der Waals surface area contributed by atoms with E-state index in [-0.39, 0.29) is 11.8 Å². The normalized spacial score (nSPS) is 14.7. The number of nitrogens with zero attached hydrogens (tertiary/aromatic N) is 3. The second-order valence-corrected chi connectivity index (χ2v) is 7.60. The number of aryl methyl sites for hydroxylation is 1. The predicted octanol–water partition coefficient (Wildman–Crippen LogP) is 2.96. The molecule has 0 saturated carbocycles. The molecule has 0 spiro atoms. The van der Waals surface area contributed by atoms with Crippen LogP contribution in [0.2, 0.25) is 0 Å². The molecule has 0 unspecified atom stereocenters. The van der Waals surface area contributed by atoms with Crippen molar-refractivity contribution in [2.75, 3.05) is 36.4 Å². The van der Waals surface area contributed by atoms with Gasteiger partial charge in [0.2, 0.25) is 11.8 Å². The third-order valence-corrected chi connectivity index (χ3v) is 5.26. The fraction of sp³-hybridized carbons (Fsp3) is 0.409. The highest BCUT2D eigenvalue weighted by Gasteiger charge is 2.40. The minimum Gasteiger partial charge on any atom is -0.353 e. The first kappa shape index (κ1) is 19.9. The van der Waals surface area contributed by atoms with Gasteiger partial charge in [0, 0.05) is 38.1 Å². The van der Waals surface area contributed by atoms with E-state index in [0.717, 1.165) is 12.2 Å². The standard InChI is InChI=1S/C22H28N4O2/c1-4-17-8-10-18(11-9-17)24-20(27)22(2,3)21(28)26-15-13-25(14-16-26)19-7-5-6-12-23-19/h5-12H,4,13-16H2,1-3H3,(H,24,27). The summed E-state index contributed by atoms with van der Waals surface area (Å²) < 4.78 is 0. The Labute approximate surface area is 166 Å². The molecule has 0 bridgehead atoms. The molecule has 0 atom stereocenters. The maximum Gasteiger partial charge on any atom is 0.239 e. The van der Waals surface area contributed by atoms with E-state index in [2.05, 4.69) is 22.1 Å². The second-order valence-electron chi connectivity index (χ2n) is 7.60. The van der Waals surface area contributed by atoms with E-state index in [1.54, 1.807) is 24.9 Å². The van der Waals surface area contributed by atoms with Crippen LogP contribution in [0.25, 0.3) is 0 Å². The number of anilines is 2. The Bertz CT molecular complexity index is 810. The smallest absolute Gasteiger partial charge is 0.239 e. The van der Waals surface area contributed by atoms with E-state index in [0.29, 0.717) is 31.9 Å². The summed E-state index contributed by atoms with van der Waals surface area (Å²) in [7, 11) is 0. The zero-order chi connectivity index (χ0) is 20.1. The van der Waals surface area contributed by atoms with Crippen LogP contribution in [0.15, 0.2) is 48.7 Å². The number of carbonyl (C=O) groups excluding carboxylic acids is 2. The lowest BCUT2D eigenvalue weighted by Gasteiger charge is -2.38. The quantitative estimate of drug-likeness (QED) is 0.810. The molecule has 1 fully saturated rings. The number of benzene rings is 1. The van der Waals surface area contributed by atoms with Crippen LogP contribution in [0.1, 0.15) is 26.3 Å². The van der Waals surface area contributed by atoms with Gasteiger partial charge in [0.25, 0.3) is 0 Å². The molecule has 2 aromatic rings. The molecule has 1 aromatic heterocycles. The first-order valence-electron chi connectivity index (χ1n) is 9.77. The van der Waals surface area contributed by atoms with Crippen molar-refractivity contribution in [3.8, 4) is 0 Å². The van der Waals surface area contributed by atoms with Gasteiger partial charge >= 0.3 is 0 Å². The molecule has 1 saturated heterocycles. The van der Waals surface area contributed by atoms with E-state index in [9.17, 15) is 9.59 Å². The molecule has 6 nitrogen and oxygen atoms in total. The molecule has 1 N–H and O–H groups in total. The summed E-state index contributed by atoms with van der Waals surface area (Å²) in [6.45, 7) is 8.04. The van der Waals surface area contributed by atoms with Gasteiger partial charge in [0.15, 0.2) is 0 Å². The summed E-state index contributed by atoms with van der Waals surface area (Å²) >= 11 is 0. The highest BCUT2D eigenvalue weighted by Crippen LogP contribution is 2.24. The van der Waals surface area contributed by atoms with E-state index in [1.165, 1.54) is 5.56 Å². The van der Waals surface area contributed by atoms with Crippen molar-refractivity contribution >= 4 is 23.3 Å². The summed E-state index contributed by atoms with van der Waals surface area (Å²) in [6, 6.07) is 13.5. The van der Waals surface area contributed by atoms with Gasteiger partial charge < -0.3 is 15.1 Å². The zero-order valence-electron chi connectivity index (χ0n) is 16.8. The van der Waals surface area contributed by atoms with Gasteiger partial charge in [-0.1, -0.05) is 25.1 Å². The average molecular weight is 380 g/mol. The van der Waals surface area contributed by atoms with Crippen LogP contribution >= 0.6 is 0 Å². The van der Waals surface area contributed by atoms with Crippen molar-refractivity contribution in [2.24, 2.45) is 5.41 Å². The third kappa shape index (κ3) is 4.32. The number of pyridine rings is 1. The Morgan fingerprint density at radius 3 is 2.29 bits per heavy atom. The van der Waals surface area contributed by atoms with E-state index in [1.807, 2.05) is 42.5 Å². The number of hydrogen-bond acceptors (Lipinski definition) is 4. The fourth-order valence-electron chi connectivity index (χ4n) is 3.28. The topological polar surface area (TPSA) is 65.5 Å². The molecule has 3 rings (SSSR count). The number of nitrogens with one attached hydrogen (secondary N) is 1. The second kappa shape index (κ2) is 8.42. The molecule has 0 radical (unpaired) electrons. The third-order valence-electron chi connectivity index (χ3n) is 5.26. The molecule has 148 valence electrons. The van der Waals surface area contributed by atoms with Crippen LogP contribution < -0.4 is 10.2 Å². The Morgan fingerprint density at radius 2 is 1.71 bits per heavy atom. The van der Waals surface area contributed by atoms with Crippen LogP contribution in [0.4, 0.5) is 11.5 Å². The molecule has 28 heavy (non-hydrogen) atoms. The van der Waals surface area contributed by atoms with Gasteiger partial charge in [-0.25, -0.2) is 4.98 Å². The number of aromatic nitrogens is 1.